The van der Waals surface area contributed by atoms with Crippen LogP contribution in [-0.2, 0) is 4.74 Å². The van der Waals surface area contributed by atoms with Gasteiger partial charge in [-0.05, 0) is 24.8 Å². The Balaban J connectivity index is 2.08. The van der Waals surface area contributed by atoms with Crippen molar-refractivity contribution < 1.29 is 9.13 Å². The van der Waals surface area contributed by atoms with Gasteiger partial charge in [-0.1, -0.05) is 11.6 Å². The Morgan fingerprint density at radius 1 is 1.44 bits per heavy atom. The molecule has 1 heterocycles. The van der Waals surface area contributed by atoms with Crippen LogP contribution in [0.2, 0.25) is 5.02 Å². The largest absolute Gasteiger partial charge is 0.397 e. The number of nitrogen functional groups attached to an aromatic ring is 1. The summed E-state index contributed by atoms with van der Waals surface area (Å²) < 4.78 is 18.8. The van der Waals surface area contributed by atoms with Crippen molar-refractivity contribution in [3.8, 4) is 0 Å². The first-order valence-corrected chi connectivity index (χ1v) is 6.49. The number of anilines is 2. The summed E-state index contributed by atoms with van der Waals surface area (Å²) in [7, 11) is 1.93. The van der Waals surface area contributed by atoms with Crippen LogP contribution >= 0.6 is 11.6 Å². The lowest BCUT2D eigenvalue weighted by atomic mass is 9.99. The predicted octanol–water partition coefficient (Wildman–Crippen LogP) is 2.92. The van der Waals surface area contributed by atoms with Crippen molar-refractivity contribution in [2.24, 2.45) is 5.92 Å². The highest BCUT2D eigenvalue weighted by Crippen LogP contribution is 2.29. The number of halogens is 2. The number of rotatable bonds is 3. The molecule has 0 saturated carbocycles. The fourth-order valence-electron chi connectivity index (χ4n) is 2.30. The van der Waals surface area contributed by atoms with Gasteiger partial charge in [0.25, 0.3) is 0 Å². The Bertz CT molecular complexity index is 422. The Morgan fingerprint density at radius 3 is 2.78 bits per heavy atom. The van der Waals surface area contributed by atoms with Crippen molar-refractivity contribution in [1.82, 2.24) is 0 Å². The lowest BCUT2D eigenvalue weighted by Crippen LogP contribution is -2.30. The summed E-state index contributed by atoms with van der Waals surface area (Å²) in [5.41, 5.74) is 7.09. The highest BCUT2D eigenvalue weighted by atomic mass is 35.5. The molecule has 2 rings (SSSR count). The van der Waals surface area contributed by atoms with E-state index in [4.69, 9.17) is 22.1 Å². The molecule has 18 heavy (non-hydrogen) atoms. The molecule has 1 saturated heterocycles. The van der Waals surface area contributed by atoms with E-state index in [1.165, 1.54) is 12.1 Å². The summed E-state index contributed by atoms with van der Waals surface area (Å²) >= 11 is 5.69. The highest BCUT2D eigenvalue weighted by Gasteiger charge is 2.18. The quantitative estimate of drug-likeness (QED) is 0.860. The van der Waals surface area contributed by atoms with Gasteiger partial charge < -0.3 is 15.4 Å². The molecule has 1 aliphatic rings. The van der Waals surface area contributed by atoms with Gasteiger partial charge in [0.1, 0.15) is 5.82 Å². The van der Waals surface area contributed by atoms with E-state index in [1.54, 1.807) is 0 Å². The van der Waals surface area contributed by atoms with Crippen LogP contribution < -0.4 is 10.6 Å². The second-order valence-corrected chi connectivity index (χ2v) is 5.17. The highest BCUT2D eigenvalue weighted by molar-refractivity contribution is 6.31. The molecule has 100 valence electrons. The average Bonchev–Trinajstić information content (AvgIpc) is 2.35. The molecular formula is C13H18ClFN2O. The fraction of sp³-hybridized carbons (Fsp3) is 0.538. The molecule has 0 bridgehead atoms. The molecule has 3 nitrogen and oxygen atoms in total. The van der Waals surface area contributed by atoms with Gasteiger partial charge in [-0.3, -0.25) is 0 Å². The van der Waals surface area contributed by atoms with E-state index in [2.05, 4.69) is 0 Å². The van der Waals surface area contributed by atoms with Crippen molar-refractivity contribution in [3.63, 3.8) is 0 Å². The zero-order valence-electron chi connectivity index (χ0n) is 10.5. The lowest BCUT2D eigenvalue weighted by molar-refractivity contribution is 0.0685. The van der Waals surface area contributed by atoms with Crippen LogP contribution in [0.5, 0.6) is 0 Å². The van der Waals surface area contributed by atoms with E-state index in [0.717, 1.165) is 32.6 Å². The Kier molecular flexibility index (Phi) is 4.30. The number of benzene rings is 1. The van der Waals surface area contributed by atoms with Gasteiger partial charge in [0.15, 0.2) is 0 Å². The average molecular weight is 273 g/mol. The smallest absolute Gasteiger partial charge is 0.144 e. The van der Waals surface area contributed by atoms with E-state index < -0.39 is 5.82 Å². The van der Waals surface area contributed by atoms with Crippen molar-refractivity contribution in [1.29, 1.82) is 0 Å². The molecule has 1 aromatic rings. The molecule has 5 heteroatoms. The van der Waals surface area contributed by atoms with E-state index in [1.807, 2.05) is 11.9 Å². The monoisotopic (exact) mass is 272 g/mol. The third-order valence-corrected chi connectivity index (χ3v) is 3.64. The molecule has 0 amide bonds. The SMILES string of the molecule is CN(CC1CCOCC1)c1cc(F)c(Cl)cc1N. The maximum absolute atomic E-state index is 13.5. The predicted molar refractivity (Wildman–Crippen MR) is 72.6 cm³/mol. The van der Waals surface area contributed by atoms with Gasteiger partial charge in [-0.15, -0.1) is 0 Å². The van der Waals surface area contributed by atoms with Crippen LogP contribution in [0, 0.1) is 11.7 Å². The molecule has 2 N–H and O–H groups in total. The minimum absolute atomic E-state index is 0.0655. The van der Waals surface area contributed by atoms with Gasteiger partial charge in [0.2, 0.25) is 0 Å². The first-order chi connectivity index (χ1) is 8.58. The maximum Gasteiger partial charge on any atom is 0.144 e. The van der Waals surface area contributed by atoms with Crippen molar-refractivity contribution in [3.05, 3.63) is 23.0 Å². The summed E-state index contributed by atoms with van der Waals surface area (Å²) in [5, 5.41) is 0.0655. The number of ether oxygens (including phenoxy) is 1. The molecule has 0 aliphatic carbocycles. The third-order valence-electron chi connectivity index (χ3n) is 3.35. The van der Waals surface area contributed by atoms with Crippen LogP contribution in [0.15, 0.2) is 12.1 Å². The Hall–Kier alpha value is -1.00. The first kappa shape index (κ1) is 13.4. The zero-order chi connectivity index (χ0) is 13.1. The van der Waals surface area contributed by atoms with Crippen LogP contribution in [0.1, 0.15) is 12.8 Å². The topological polar surface area (TPSA) is 38.5 Å². The molecule has 0 radical (unpaired) electrons. The normalized spacial score (nSPS) is 16.8. The lowest BCUT2D eigenvalue weighted by Gasteiger charge is -2.29. The van der Waals surface area contributed by atoms with Crippen LogP contribution in [0.25, 0.3) is 0 Å². The van der Waals surface area contributed by atoms with Crippen molar-refractivity contribution in [2.45, 2.75) is 12.8 Å². The van der Waals surface area contributed by atoms with Crippen LogP contribution in [0.4, 0.5) is 15.8 Å². The molecule has 0 spiro atoms. The maximum atomic E-state index is 13.5. The molecule has 0 unspecified atom stereocenters. The van der Waals surface area contributed by atoms with E-state index >= 15 is 0 Å². The zero-order valence-corrected chi connectivity index (χ0v) is 11.2. The van der Waals surface area contributed by atoms with Crippen LogP contribution in [0.3, 0.4) is 0 Å². The van der Waals surface area contributed by atoms with Crippen LogP contribution in [-0.4, -0.2) is 26.8 Å². The van der Waals surface area contributed by atoms with Gasteiger partial charge in [0, 0.05) is 32.9 Å². The summed E-state index contributed by atoms with van der Waals surface area (Å²) in [4.78, 5) is 1.99. The molecule has 0 atom stereocenters. The van der Waals surface area contributed by atoms with Crippen molar-refractivity contribution >= 4 is 23.0 Å². The molecule has 1 fully saturated rings. The second-order valence-electron chi connectivity index (χ2n) is 4.76. The molecule has 1 aliphatic heterocycles. The van der Waals surface area contributed by atoms with Gasteiger partial charge in [-0.2, -0.15) is 0 Å². The third kappa shape index (κ3) is 3.06. The fourth-order valence-corrected chi connectivity index (χ4v) is 2.47. The van der Waals surface area contributed by atoms with E-state index in [0.29, 0.717) is 17.3 Å². The number of hydrogen-bond acceptors (Lipinski definition) is 3. The summed E-state index contributed by atoms with van der Waals surface area (Å²) in [6.45, 7) is 2.47. The summed E-state index contributed by atoms with van der Waals surface area (Å²) in [5.74, 6) is 0.140. The number of hydrogen-bond donors (Lipinski definition) is 1. The Labute approximate surface area is 112 Å². The Morgan fingerprint density at radius 2 is 2.11 bits per heavy atom. The first-order valence-electron chi connectivity index (χ1n) is 6.11. The summed E-state index contributed by atoms with van der Waals surface area (Å²) in [6, 6.07) is 2.86. The van der Waals surface area contributed by atoms with Crippen molar-refractivity contribution in [2.75, 3.05) is 37.4 Å². The van der Waals surface area contributed by atoms with Gasteiger partial charge in [-0.25, -0.2) is 4.39 Å². The van der Waals surface area contributed by atoms with E-state index in [-0.39, 0.29) is 5.02 Å². The number of nitrogens with zero attached hydrogens (tertiary/aromatic N) is 1. The standard InChI is InChI=1S/C13H18ClFN2O/c1-17(8-9-2-4-18-5-3-9)13-7-11(15)10(14)6-12(13)16/h6-7,9H,2-5,8,16H2,1H3. The molecule has 0 aromatic heterocycles. The summed E-state index contributed by atoms with van der Waals surface area (Å²) in [6.07, 6.45) is 2.08. The number of nitrogens with two attached hydrogens (primary N) is 1. The minimum Gasteiger partial charge on any atom is -0.397 e. The minimum atomic E-state index is -0.431. The second kappa shape index (κ2) is 5.76. The van der Waals surface area contributed by atoms with E-state index in [9.17, 15) is 4.39 Å². The van der Waals surface area contributed by atoms with Gasteiger partial charge >= 0.3 is 0 Å². The van der Waals surface area contributed by atoms with Gasteiger partial charge in [0.05, 0.1) is 16.4 Å². The molecular weight excluding hydrogens is 255 g/mol. The molecule has 1 aromatic carbocycles.